The van der Waals surface area contributed by atoms with Crippen LogP contribution in [-0.4, -0.2) is 24.5 Å². The molecule has 3 aromatic carbocycles. The number of nitro groups is 1. The topological polar surface area (TPSA) is 104 Å². The van der Waals surface area contributed by atoms with Crippen LogP contribution in [0.1, 0.15) is 0 Å². The lowest BCUT2D eigenvalue weighted by atomic mass is 10.1. The molecule has 0 bridgehead atoms. The van der Waals surface area contributed by atoms with Crippen LogP contribution < -0.4 is 14.8 Å². The van der Waals surface area contributed by atoms with Crippen molar-refractivity contribution >= 4 is 39.2 Å². The molecule has 8 nitrogen and oxygen atoms in total. The number of benzene rings is 3. The quantitative estimate of drug-likeness (QED) is 0.382. The van der Waals surface area contributed by atoms with Gasteiger partial charge in [0.15, 0.2) is 6.61 Å². The molecule has 4 aromatic rings. The zero-order valence-corrected chi connectivity index (χ0v) is 15.4. The number of hydrogen-bond donors (Lipinski definition) is 1. The van der Waals surface area contributed by atoms with Crippen molar-refractivity contribution in [3.63, 3.8) is 0 Å². The van der Waals surface area contributed by atoms with E-state index in [0.29, 0.717) is 22.8 Å². The Bertz CT molecular complexity index is 1210. The van der Waals surface area contributed by atoms with Crippen LogP contribution in [0.15, 0.2) is 65.1 Å². The molecule has 1 aromatic heterocycles. The maximum absolute atomic E-state index is 12.3. The van der Waals surface area contributed by atoms with Gasteiger partial charge >= 0.3 is 0 Å². The number of nitrogens with zero attached hydrogens (tertiary/aromatic N) is 1. The van der Waals surface area contributed by atoms with Crippen LogP contribution in [0.2, 0.25) is 0 Å². The molecule has 0 atom stereocenters. The van der Waals surface area contributed by atoms with Crippen molar-refractivity contribution in [2.45, 2.75) is 0 Å². The second-order valence-corrected chi connectivity index (χ2v) is 6.23. The van der Waals surface area contributed by atoms with E-state index >= 15 is 0 Å². The number of carbonyl (C=O) groups is 1. The fourth-order valence-corrected chi connectivity index (χ4v) is 3.02. The Morgan fingerprint density at radius 3 is 2.55 bits per heavy atom. The summed E-state index contributed by atoms with van der Waals surface area (Å²) in [5.74, 6) is 0.440. The molecular weight excluding hydrogens is 376 g/mol. The molecule has 1 heterocycles. The first-order valence-corrected chi connectivity index (χ1v) is 8.71. The van der Waals surface area contributed by atoms with E-state index in [0.717, 1.165) is 16.4 Å². The minimum Gasteiger partial charge on any atom is -0.495 e. The predicted molar refractivity (Wildman–Crippen MR) is 107 cm³/mol. The number of furan rings is 1. The maximum Gasteiger partial charge on any atom is 0.269 e. The third-order valence-corrected chi connectivity index (χ3v) is 4.39. The Hall–Kier alpha value is -4.07. The monoisotopic (exact) mass is 392 g/mol. The summed E-state index contributed by atoms with van der Waals surface area (Å²) in [7, 11) is 1.52. The molecule has 29 heavy (non-hydrogen) atoms. The number of hydrogen-bond acceptors (Lipinski definition) is 6. The molecule has 1 amide bonds. The maximum atomic E-state index is 12.3. The number of methoxy groups -OCH3 is 1. The van der Waals surface area contributed by atoms with E-state index < -0.39 is 10.8 Å². The van der Waals surface area contributed by atoms with E-state index in [1.165, 1.54) is 31.4 Å². The standard InChI is InChI=1S/C21H16N2O6/c1-27-20-10-16-15-4-2-3-5-18(15)29-19(16)11-17(20)22-21(24)12-28-14-8-6-13(7-9-14)23(25)26/h2-11H,12H2,1H3,(H,22,24). The Morgan fingerprint density at radius 2 is 1.83 bits per heavy atom. The number of amides is 1. The van der Waals surface area contributed by atoms with Gasteiger partial charge in [0.1, 0.15) is 22.7 Å². The van der Waals surface area contributed by atoms with Gasteiger partial charge in [-0.3, -0.25) is 14.9 Å². The molecule has 0 aliphatic rings. The molecule has 0 saturated carbocycles. The fourth-order valence-electron chi connectivity index (χ4n) is 3.02. The minimum absolute atomic E-state index is 0.0503. The SMILES string of the molecule is COc1cc2c(cc1NC(=O)COc1ccc([N+](=O)[O-])cc1)oc1ccccc12. The van der Waals surface area contributed by atoms with Crippen molar-refractivity contribution in [2.75, 3.05) is 19.0 Å². The van der Waals surface area contributed by atoms with Crippen LogP contribution in [0.25, 0.3) is 21.9 Å². The van der Waals surface area contributed by atoms with E-state index in [9.17, 15) is 14.9 Å². The molecule has 146 valence electrons. The van der Waals surface area contributed by atoms with Gasteiger partial charge in [-0.05, 0) is 24.3 Å². The Morgan fingerprint density at radius 1 is 1.07 bits per heavy atom. The van der Waals surface area contributed by atoms with E-state index in [2.05, 4.69) is 5.32 Å². The largest absolute Gasteiger partial charge is 0.495 e. The van der Waals surface area contributed by atoms with E-state index in [4.69, 9.17) is 13.9 Å². The molecule has 0 aliphatic heterocycles. The van der Waals surface area contributed by atoms with Gasteiger partial charge < -0.3 is 19.2 Å². The summed E-state index contributed by atoms with van der Waals surface area (Å²) in [6.45, 7) is -0.265. The Kier molecular flexibility index (Phi) is 4.74. The molecule has 0 spiro atoms. The number of ether oxygens (including phenoxy) is 2. The van der Waals surface area contributed by atoms with Gasteiger partial charge in [0, 0.05) is 29.0 Å². The van der Waals surface area contributed by atoms with Crippen molar-refractivity contribution in [2.24, 2.45) is 0 Å². The highest BCUT2D eigenvalue weighted by Gasteiger charge is 2.14. The number of non-ortho nitro benzene ring substituents is 1. The van der Waals surface area contributed by atoms with Crippen LogP contribution in [0.5, 0.6) is 11.5 Å². The van der Waals surface area contributed by atoms with Crippen molar-refractivity contribution in [1.29, 1.82) is 0 Å². The summed E-state index contributed by atoms with van der Waals surface area (Å²) in [4.78, 5) is 22.5. The summed E-state index contributed by atoms with van der Waals surface area (Å²) in [5, 5.41) is 15.3. The molecule has 0 unspecified atom stereocenters. The Labute approximate surface area is 164 Å². The summed E-state index contributed by atoms with van der Waals surface area (Å²) in [5.41, 5.74) is 1.77. The van der Waals surface area contributed by atoms with Gasteiger partial charge in [-0.15, -0.1) is 0 Å². The second-order valence-electron chi connectivity index (χ2n) is 6.23. The number of carbonyl (C=O) groups excluding carboxylic acids is 1. The highest BCUT2D eigenvalue weighted by Crippen LogP contribution is 2.36. The summed E-state index contributed by atoms with van der Waals surface area (Å²) in [6.07, 6.45) is 0. The molecule has 0 fully saturated rings. The van der Waals surface area contributed by atoms with Crippen molar-refractivity contribution in [1.82, 2.24) is 0 Å². The lowest BCUT2D eigenvalue weighted by Gasteiger charge is -2.11. The lowest BCUT2D eigenvalue weighted by Crippen LogP contribution is -2.20. The van der Waals surface area contributed by atoms with Gasteiger partial charge in [-0.1, -0.05) is 18.2 Å². The number of rotatable bonds is 6. The number of nitrogens with one attached hydrogen (secondary N) is 1. The summed E-state index contributed by atoms with van der Waals surface area (Å²) < 4.78 is 16.6. The first-order valence-electron chi connectivity index (χ1n) is 8.71. The first kappa shape index (κ1) is 18.3. The zero-order valence-electron chi connectivity index (χ0n) is 15.4. The average molecular weight is 392 g/mol. The van der Waals surface area contributed by atoms with Crippen LogP contribution >= 0.6 is 0 Å². The third-order valence-electron chi connectivity index (χ3n) is 4.39. The van der Waals surface area contributed by atoms with Crippen LogP contribution in [-0.2, 0) is 4.79 Å². The number of para-hydroxylation sites is 1. The smallest absolute Gasteiger partial charge is 0.269 e. The van der Waals surface area contributed by atoms with Gasteiger partial charge in [-0.2, -0.15) is 0 Å². The average Bonchev–Trinajstić information content (AvgIpc) is 3.09. The number of nitro benzene ring substituents is 1. The lowest BCUT2D eigenvalue weighted by molar-refractivity contribution is -0.384. The molecule has 8 heteroatoms. The minimum atomic E-state index is -0.503. The number of anilines is 1. The number of fused-ring (bicyclic) bond motifs is 3. The van der Waals surface area contributed by atoms with E-state index in [-0.39, 0.29) is 12.3 Å². The zero-order chi connectivity index (χ0) is 20.4. The highest BCUT2D eigenvalue weighted by molar-refractivity contribution is 6.07. The van der Waals surface area contributed by atoms with Gasteiger partial charge in [0.25, 0.3) is 11.6 Å². The van der Waals surface area contributed by atoms with Crippen molar-refractivity contribution in [3.05, 3.63) is 70.8 Å². The fraction of sp³-hybridized carbons (Fsp3) is 0.0952. The normalized spacial score (nSPS) is 10.8. The molecular formula is C21H16N2O6. The van der Waals surface area contributed by atoms with E-state index in [1.54, 1.807) is 6.07 Å². The van der Waals surface area contributed by atoms with Crippen molar-refractivity contribution < 1.29 is 23.6 Å². The third kappa shape index (κ3) is 3.68. The molecule has 0 aliphatic carbocycles. The van der Waals surface area contributed by atoms with Gasteiger partial charge in [0.2, 0.25) is 0 Å². The van der Waals surface area contributed by atoms with E-state index in [1.807, 2.05) is 30.3 Å². The van der Waals surface area contributed by atoms with Gasteiger partial charge in [-0.25, -0.2) is 0 Å². The van der Waals surface area contributed by atoms with Gasteiger partial charge in [0.05, 0.1) is 17.7 Å². The molecule has 0 radical (unpaired) electrons. The second kappa shape index (κ2) is 7.51. The summed E-state index contributed by atoms with van der Waals surface area (Å²) >= 11 is 0. The molecule has 1 N–H and O–H groups in total. The van der Waals surface area contributed by atoms with Crippen LogP contribution in [0.3, 0.4) is 0 Å². The van der Waals surface area contributed by atoms with Crippen LogP contribution in [0.4, 0.5) is 11.4 Å². The summed E-state index contributed by atoms with van der Waals surface area (Å²) in [6, 6.07) is 16.7. The first-order chi connectivity index (χ1) is 14.0. The molecule has 0 saturated heterocycles. The predicted octanol–water partition coefficient (Wildman–Crippen LogP) is 4.52. The Balaban J connectivity index is 1.51. The highest BCUT2D eigenvalue weighted by atomic mass is 16.6. The molecule has 4 rings (SSSR count). The van der Waals surface area contributed by atoms with Crippen molar-refractivity contribution in [3.8, 4) is 11.5 Å². The van der Waals surface area contributed by atoms with Crippen LogP contribution in [0, 0.1) is 10.1 Å².